The van der Waals surface area contributed by atoms with Gasteiger partial charge in [-0.05, 0) is 57.5 Å². The first-order valence-electron chi connectivity index (χ1n) is 8.43. The molecule has 2 aliphatic rings. The maximum Gasteiger partial charge on any atom is 0.156 e. The molecule has 0 amide bonds. The Balaban J connectivity index is 2.15. The lowest BCUT2D eigenvalue weighted by atomic mass is 9.72. The molecular formula is C17H31NO. The molecule has 19 heavy (non-hydrogen) atoms. The van der Waals surface area contributed by atoms with Crippen molar-refractivity contribution >= 4 is 5.78 Å². The standard InChI is InChI=1S/C17H31NO/c1-4-17(5-2,18-11-6-7-12-18)16(19)15-10-8-9-14(3)13-15/h14-15H,4-13H2,1-3H3. The Morgan fingerprint density at radius 1 is 1.11 bits per heavy atom. The van der Waals surface area contributed by atoms with Crippen molar-refractivity contribution in [2.24, 2.45) is 11.8 Å². The number of nitrogens with zero attached hydrogens (tertiary/aromatic N) is 1. The van der Waals surface area contributed by atoms with Crippen molar-refractivity contribution in [3.05, 3.63) is 0 Å². The average Bonchev–Trinajstić information content (AvgIpc) is 2.95. The van der Waals surface area contributed by atoms with Gasteiger partial charge in [-0.1, -0.05) is 33.6 Å². The molecule has 0 aromatic heterocycles. The van der Waals surface area contributed by atoms with Crippen LogP contribution < -0.4 is 0 Å². The van der Waals surface area contributed by atoms with Crippen LogP contribution in [0.15, 0.2) is 0 Å². The zero-order chi connectivity index (χ0) is 13.9. The van der Waals surface area contributed by atoms with Gasteiger partial charge in [-0.15, -0.1) is 0 Å². The van der Waals surface area contributed by atoms with Gasteiger partial charge < -0.3 is 0 Å². The molecule has 2 unspecified atom stereocenters. The molecule has 1 heterocycles. The lowest BCUT2D eigenvalue weighted by Gasteiger charge is -2.43. The SMILES string of the molecule is CCC(CC)(C(=O)C1CCCC(C)C1)N1CCCC1. The van der Waals surface area contributed by atoms with Crippen LogP contribution in [-0.4, -0.2) is 29.3 Å². The minimum Gasteiger partial charge on any atom is -0.297 e. The van der Waals surface area contributed by atoms with Gasteiger partial charge in [0.05, 0.1) is 5.54 Å². The Labute approximate surface area is 118 Å². The van der Waals surface area contributed by atoms with Gasteiger partial charge >= 0.3 is 0 Å². The fourth-order valence-corrected chi connectivity index (χ4v) is 4.40. The summed E-state index contributed by atoms with van der Waals surface area (Å²) in [4.78, 5) is 15.7. The van der Waals surface area contributed by atoms with Gasteiger partial charge in [0.2, 0.25) is 0 Å². The molecule has 2 atom stereocenters. The molecule has 0 aromatic carbocycles. The van der Waals surface area contributed by atoms with Gasteiger partial charge in [0.1, 0.15) is 0 Å². The molecule has 2 heteroatoms. The van der Waals surface area contributed by atoms with Gasteiger partial charge in [0.25, 0.3) is 0 Å². The van der Waals surface area contributed by atoms with Crippen LogP contribution >= 0.6 is 0 Å². The first-order valence-corrected chi connectivity index (χ1v) is 8.43. The van der Waals surface area contributed by atoms with E-state index >= 15 is 0 Å². The minimum atomic E-state index is -0.141. The largest absolute Gasteiger partial charge is 0.297 e. The van der Waals surface area contributed by atoms with Crippen LogP contribution in [0.25, 0.3) is 0 Å². The molecule has 1 aliphatic heterocycles. The summed E-state index contributed by atoms with van der Waals surface area (Å²) in [5.74, 6) is 1.66. The predicted molar refractivity (Wildman–Crippen MR) is 80.2 cm³/mol. The third kappa shape index (κ3) is 2.89. The van der Waals surface area contributed by atoms with E-state index < -0.39 is 0 Å². The van der Waals surface area contributed by atoms with Gasteiger partial charge in [0.15, 0.2) is 5.78 Å². The second kappa shape index (κ2) is 6.39. The van der Waals surface area contributed by atoms with Gasteiger partial charge in [-0.2, -0.15) is 0 Å². The fourth-order valence-electron chi connectivity index (χ4n) is 4.40. The molecule has 1 saturated heterocycles. The Bertz CT molecular complexity index is 302. The summed E-state index contributed by atoms with van der Waals surface area (Å²) in [5, 5.41) is 0. The second-order valence-electron chi connectivity index (χ2n) is 6.77. The molecule has 0 spiro atoms. The summed E-state index contributed by atoms with van der Waals surface area (Å²) in [5.41, 5.74) is -0.141. The van der Waals surface area contributed by atoms with Crippen LogP contribution in [-0.2, 0) is 4.79 Å². The molecule has 0 bridgehead atoms. The van der Waals surface area contributed by atoms with E-state index in [0.717, 1.165) is 44.7 Å². The Hall–Kier alpha value is -0.370. The Morgan fingerprint density at radius 2 is 1.74 bits per heavy atom. The van der Waals surface area contributed by atoms with Crippen LogP contribution in [0.4, 0.5) is 0 Å². The zero-order valence-corrected chi connectivity index (χ0v) is 13.1. The van der Waals surface area contributed by atoms with E-state index in [4.69, 9.17) is 0 Å². The number of ketones is 1. The van der Waals surface area contributed by atoms with E-state index in [-0.39, 0.29) is 5.54 Å². The van der Waals surface area contributed by atoms with E-state index in [9.17, 15) is 4.79 Å². The lowest BCUT2D eigenvalue weighted by Crippen LogP contribution is -2.55. The predicted octanol–water partition coefficient (Wildman–Crippen LogP) is 4.04. The molecule has 0 N–H and O–H groups in total. The molecule has 0 radical (unpaired) electrons. The quantitative estimate of drug-likeness (QED) is 0.748. The molecule has 2 fully saturated rings. The third-order valence-corrected chi connectivity index (χ3v) is 5.65. The van der Waals surface area contributed by atoms with Crippen molar-refractivity contribution < 1.29 is 4.79 Å². The highest BCUT2D eigenvalue weighted by atomic mass is 16.1. The second-order valence-corrected chi connectivity index (χ2v) is 6.77. The summed E-state index contributed by atoms with van der Waals surface area (Å²) >= 11 is 0. The van der Waals surface area contributed by atoms with Crippen molar-refractivity contribution in [2.45, 2.75) is 77.7 Å². The van der Waals surface area contributed by atoms with Crippen molar-refractivity contribution in [2.75, 3.05) is 13.1 Å². The number of carbonyl (C=O) groups excluding carboxylic acids is 1. The normalized spacial score (nSPS) is 29.6. The van der Waals surface area contributed by atoms with E-state index in [0.29, 0.717) is 11.7 Å². The molecule has 2 rings (SSSR count). The van der Waals surface area contributed by atoms with Crippen LogP contribution in [0.1, 0.15) is 72.1 Å². The summed E-state index contributed by atoms with van der Waals surface area (Å²) in [6.07, 6.45) is 9.37. The van der Waals surface area contributed by atoms with Crippen molar-refractivity contribution in [3.63, 3.8) is 0 Å². The van der Waals surface area contributed by atoms with Gasteiger partial charge in [-0.25, -0.2) is 0 Å². The zero-order valence-electron chi connectivity index (χ0n) is 13.1. The van der Waals surface area contributed by atoms with E-state index in [2.05, 4.69) is 25.7 Å². The number of Topliss-reactive ketones (excluding diaryl/α,β-unsaturated/α-hetero) is 1. The smallest absolute Gasteiger partial charge is 0.156 e. The summed E-state index contributed by atoms with van der Waals surface area (Å²) in [7, 11) is 0. The summed E-state index contributed by atoms with van der Waals surface area (Å²) < 4.78 is 0. The molecule has 0 aromatic rings. The first kappa shape index (κ1) is 15.0. The van der Waals surface area contributed by atoms with Crippen molar-refractivity contribution in [1.29, 1.82) is 0 Å². The number of likely N-dealkylation sites (tertiary alicyclic amines) is 1. The molecular weight excluding hydrogens is 234 g/mol. The molecule has 1 saturated carbocycles. The molecule has 1 aliphatic carbocycles. The Morgan fingerprint density at radius 3 is 2.26 bits per heavy atom. The Kier molecular flexibility index (Phi) is 5.05. The van der Waals surface area contributed by atoms with Crippen LogP contribution in [0.2, 0.25) is 0 Å². The van der Waals surface area contributed by atoms with Gasteiger partial charge in [-0.3, -0.25) is 9.69 Å². The van der Waals surface area contributed by atoms with Crippen LogP contribution in [0.5, 0.6) is 0 Å². The number of hydrogen-bond donors (Lipinski definition) is 0. The number of hydrogen-bond acceptors (Lipinski definition) is 2. The number of rotatable bonds is 5. The molecule has 110 valence electrons. The fraction of sp³-hybridized carbons (Fsp3) is 0.941. The third-order valence-electron chi connectivity index (χ3n) is 5.65. The highest BCUT2D eigenvalue weighted by Gasteiger charge is 2.44. The summed E-state index contributed by atoms with van der Waals surface area (Å²) in [6.45, 7) is 9.01. The van der Waals surface area contributed by atoms with Gasteiger partial charge in [0, 0.05) is 5.92 Å². The average molecular weight is 265 g/mol. The van der Waals surface area contributed by atoms with Crippen LogP contribution in [0.3, 0.4) is 0 Å². The minimum absolute atomic E-state index is 0.141. The lowest BCUT2D eigenvalue weighted by molar-refractivity contribution is -0.137. The van der Waals surface area contributed by atoms with E-state index in [1.807, 2.05) is 0 Å². The first-order chi connectivity index (χ1) is 9.14. The monoisotopic (exact) mass is 265 g/mol. The van der Waals surface area contributed by atoms with Crippen molar-refractivity contribution in [3.8, 4) is 0 Å². The van der Waals surface area contributed by atoms with Crippen LogP contribution in [0, 0.1) is 11.8 Å². The van der Waals surface area contributed by atoms with Crippen molar-refractivity contribution in [1.82, 2.24) is 4.90 Å². The highest BCUT2D eigenvalue weighted by molar-refractivity contribution is 5.90. The summed E-state index contributed by atoms with van der Waals surface area (Å²) in [6, 6.07) is 0. The topological polar surface area (TPSA) is 20.3 Å². The maximum atomic E-state index is 13.2. The maximum absolute atomic E-state index is 13.2. The molecule has 2 nitrogen and oxygen atoms in total. The number of carbonyl (C=O) groups is 1. The van der Waals surface area contributed by atoms with E-state index in [1.165, 1.54) is 25.7 Å². The highest BCUT2D eigenvalue weighted by Crippen LogP contribution is 2.37. The van der Waals surface area contributed by atoms with E-state index in [1.54, 1.807) is 0 Å².